The monoisotopic (exact) mass is 168 g/mol. The number of hydrogen-bond donors (Lipinski definition) is 1. The maximum Gasteiger partial charge on any atom is 0.327 e. The maximum absolute atomic E-state index is 10.2. The van der Waals surface area contributed by atoms with E-state index < -0.39 is 5.97 Å². The summed E-state index contributed by atoms with van der Waals surface area (Å²) in [5.41, 5.74) is -0.0646. The summed E-state index contributed by atoms with van der Waals surface area (Å²) in [6, 6.07) is 0. The molecule has 0 bridgehead atoms. The summed E-state index contributed by atoms with van der Waals surface area (Å²) < 4.78 is 0. The Hall–Kier alpha value is -1.05. The van der Waals surface area contributed by atoms with Gasteiger partial charge in [0.2, 0.25) is 0 Å². The Morgan fingerprint density at radius 3 is 2.50 bits per heavy atom. The number of aliphatic carboxylic acids is 1. The van der Waals surface area contributed by atoms with Crippen molar-refractivity contribution in [3.8, 4) is 0 Å². The summed E-state index contributed by atoms with van der Waals surface area (Å²) in [6.07, 6.45) is 7.79. The van der Waals surface area contributed by atoms with Gasteiger partial charge >= 0.3 is 5.97 Å². The molecule has 0 unspecified atom stereocenters. The van der Waals surface area contributed by atoms with Crippen molar-refractivity contribution in [1.82, 2.24) is 0 Å². The van der Waals surface area contributed by atoms with Crippen LogP contribution in [0.1, 0.15) is 27.2 Å². The molecule has 0 heterocycles. The van der Waals surface area contributed by atoms with Crippen molar-refractivity contribution in [2.75, 3.05) is 0 Å². The summed E-state index contributed by atoms with van der Waals surface area (Å²) in [4.78, 5) is 10.2. The fourth-order valence-electron chi connectivity index (χ4n) is 0.787. The Morgan fingerprint density at radius 2 is 2.08 bits per heavy atom. The van der Waals surface area contributed by atoms with Gasteiger partial charge in [0.25, 0.3) is 0 Å². The Kier molecular flexibility index (Phi) is 4.34. The zero-order valence-electron chi connectivity index (χ0n) is 7.87. The molecule has 0 aromatic carbocycles. The van der Waals surface area contributed by atoms with Crippen molar-refractivity contribution in [2.24, 2.45) is 5.41 Å². The third-order valence-electron chi connectivity index (χ3n) is 1.56. The third kappa shape index (κ3) is 5.71. The predicted octanol–water partition coefficient (Wildman–Crippen LogP) is 2.62. The Morgan fingerprint density at radius 1 is 1.50 bits per heavy atom. The molecular weight excluding hydrogens is 152 g/mol. The van der Waals surface area contributed by atoms with E-state index in [1.807, 2.05) is 32.9 Å². The highest BCUT2D eigenvalue weighted by Gasteiger charge is 2.11. The first-order valence-corrected chi connectivity index (χ1v) is 4.01. The van der Waals surface area contributed by atoms with Crippen LogP contribution in [0.15, 0.2) is 24.3 Å². The number of carboxylic acid groups (broad SMARTS) is 1. The van der Waals surface area contributed by atoms with Gasteiger partial charge in [-0.25, -0.2) is 4.79 Å². The fourth-order valence-corrected chi connectivity index (χ4v) is 0.787. The summed E-state index contributed by atoms with van der Waals surface area (Å²) >= 11 is 0. The molecular formula is C10H16O2. The van der Waals surface area contributed by atoms with E-state index >= 15 is 0 Å². The largest absolute Gasteiger partial charge is 0.478 e. The number of carbonyl (C=O) groups is 1. The normalized spacial score (nSPS) is 12.9. The van der Waals surface area contributed by atoms with E-state index in [9.17, 15) is 4.79 Å². The molecule has 2 heteroatoms. The van der Waals surface area contributed by atoms with Gasteiger partial charge in [-0.2, -0.15) is 0 Å². The number of carboxylic acids is 1. The van der Waals surface area contributed by atoms with Gasteiger partial charge in [0.15, 0.2) is 0 Å². The van der Waals surface area contributed by atoms with Gasteiger partial charge < -0.3 is 5.11 Å². The second-order valence-corrected chi connectivity index (χ2v) is 3.43. The van der Waals surface area contributed by atoms with Crippen LogP contribution in [-0.2, 0) is 4.79 Å². The molecule has 0 fully saturated rings. The summed E-state index contributed by atoms with van der Waals surface area (Å²) in [7, 11) is 0. The Balaban J connectivity index is 4.11. The standard InChI is InChI=1S/C10H16O2/c1-4-5-7-10(2,3)8-6-9(11)12/h4-6,8H,7H2,1-3H3,(H,11,12). The lowest BCUT2D eigenvalue weighted by Gasteiger charge is -2.16. The molecule has 0 atom stereocenters. The molecule has 0 aromatic rings. The Bertz CT molecular complexity index is 200. The van der Waals surface area contributed by atoms with Gasteiger partial charge in [-0.05, 0) is 18.8 Å². The zero-order chi connectivity index (χ0) is 9.61. The molecule has 68 valence electrons. The minimum absolute atomic E-state index is 0.0646. The van der Waals surface area contributed by atoms with Gasteiger partial charge in [-0.1, -0.05) is 32.1 Å². The van der Waals surface area contributed by atoms with Gasteiger partial charge in [0, 0.05) is 6.08 Å². The maximum atomic E-state index is 10.2. The molecule has 2 nitrogen and oxygen atoms in total. The van der Waals surface area contributed by atoms with Crippen molar-refractivity contribution in [2.45, 2.75) is 27.2 Å². The van der Waals surface area contributed by atoms with Gasteiger partial charge in [-0.15, -0.1) is 0 Å². The summed E-state index contributed by atoms with van der Waals surface area (Å²) in [5.74, 6) is -0.886. The van der Waals surface area contributed by atoms with Crippen LogP contribution in [-0.4, -0.2) is 11.1 Å². The fraction of sp³-hybridized carbons (Fsp3) is 0.500. The number of allylic oxidation sites excluding steroid dienone is 3. The highest BCUT2D eigenvalue weighted by Crippen LogP contribution is 2.22. The van der Waals surface area contributed by atoms with Crippen LogP contribution in [0.4, 0.5) is 0 Å². The number of rotatable bonds is 4. The topological polar surface area (TPSA) is 37.3 Å². The zero-order valence-corrected chi connectivity index (χ0v) is 7.87. The van der Waals surface area contributed by atoms with Crippen molar-refractivity contribution < 1.29 is 9.90 Å². The van der Waals surface area contributed by atoms with E-state index in [-0.39, 0.29) is 5.41 Å². The molecule has 0 amide bonds. The lowest BCUT2D eigenvalue weighted by molar-refractivity contribution is -0.131. The van der Waals surface area contributed by atoms with Crippen LogP contribution in [0.3, 0.4) is 0 Å². The van der Waals surface area contributed by atoms with Crippen molar-refractivity contribution in [3.05, 3.63) is 24.3 Å². The molecule has 0 saturated heterocycles. The average molecular weight is 168 g/mol. The molecule has 0 spiro atoms. The molecule has 0 aliphatic heterocycles. The quantitative estimate of drug-likeness (QED) is 0.517. The van der Waals surface area contributed by atoms with E-state index in [4.69, 9.17) is 5.11 Å². The van der Waals surface area contributed by atoms with Crippen LogP contribution in [0, 0.1) is 5.41 Å². The van der Waals surface area contributed by atoms with Gasteiger partial charge in [0.05, 0.1) is 0 Å². The molecule has 0 aliphatic carbocycles. The van der Waals surface area contributed by atoms with E-state index in [1.165, 1.54) is 6.08 Å². The molecule has 0 aromatic heterocycles. The first-order valence-electron chi connectivity index (χ1n) is 4.01. The predicted molar refractivity (Wildman–Crippen MR) is 50.0 cm³/mol. The highest BCUT2D eigenvalue weighted by atomic mass is 16.4. The summed E-state index contributed by atoms with van der Waals surface area (Å²) in [6.45, 7) is 5.97. The van der Waals surface area contributed by atoms with Crippen LogP contribution >= 0.6 is 0 Å². The first-order chi connectivity index (χ1) is 5.48. The second-order valence-electron chi connectivity index (χ2n) is 3.43. The first kappa shape index (κ1) is 11.0. The molecule has 0 radical (unpaired) electrons. The molecule has 0 saturated carbocycles. The van der Waals surface area contributed by atoms with E-state index in [0.717, 1.165) is 6.42 Å². The molecule has 0 aliphatic rings. The van der Waals surface area contributed by atoms with Crippen LogP contribution < -0.4 is 0 Å². The second kappa shape index (κ2) is 4.75. The van der Waals surface area contributed by atoms with E-state index in [1.54, 1.807) is 6.08 Å². The van der Waals surface area contributed by atoms with Gasteiger partial charge in [0.1, 0.15) is 0 Å². The Labute approximate surface area is 73.6 Å². The molecule has 12 heavy (non-hydrogen) atoms. The minimum Gasteiger partial charge on any atom is -0.478 e. The molecule has 1 N–H and O–H groups in total. The SMILES string of the molecule is CC=CCC(C)(C)C=CC(=O)O. The molecule has 0 rings (SSSR count). The lowest BCUT2D eigenvalue weighted by Crippen LogP contribution is -2.06. The number of hydrogen-bond acceptors (Lipinski definition) is 1. The van der Waals surface area contributed by atoms with Crippen LogP contribution in [0.25, 0.3) is 0 Å². The summed E-state index contributed by atoms with van der Waals surface area (Å²) in [5, 5.41) is 8.40. The third-order valence-corrected chi connectivity index (χ3v) is 1.56. The van der Waals surface area contributed by atoms with E-state index in [2.05, 4.69) is 0 Å². The lowest BCUT2D eigenvalue weighted by atomic mass is 9.89. The van der Waals surface area contributed by atoms with E-state index in [0.29, 0.717) is 0 Å². The van der Waals surface area contributed by atoms with Crippen molar-refractivity contribution in [1.29, 1.82) is 0 Å². The smallest absolute Gasteiger partial charge is 0.327 e. The minimum atomic E-state index is -0.886. The average Bonchev–Trinajstić information content (AvgIpc) is 1.98. The van der Waals surface area contributed by atoms with Crippen LogP contribution in [0.5, 0.6) is 0 Å². The highest BCUT2D eigenvalue weighted by molar-refractivity contribution is 5.79. The van der Waals surface area contributed by atoms with Crippen molar-refractivity contribution in [3.63, 3.8) is 0 Å². The van der Waals surface area contributed by atoms with Crippen molar-refractivity contribution >= 4 is 5.97 Å². The van der Waals surface area contributed by atoms with Gasteiger partial charge in [-0.3, -0.25) is 0 Å². The van der Waals surface area contributed by atoms with Crippen LogP contribution in [0.2, 0.25) is 0 Å².